The Labute approximate surface area is 109 Å². The molecule has 0 aliphatic carbocycles. The van der Waals surface area contributed by atoms with Gasteiger partial charge < -0.3 is 10.1 Å². The highest BCUT2D eigenvalue weighted by Gasteiger charge is 2.15. The van der Waals surface area contributed by atoms with Gasteiger partial charge in [-0.3, -0.25) is 0 Å². The number of benzene rings is 2. The Morgan fingerprint density at radius 3 is 2.28 bits per heavy atom. The summed E-state index contributed by atoms with van der Waals surface area (Å²) in [5.41, 5.74) is 3.67. The van der Waals surface area contributed by atoms with Gasteiger partial charge in [0.25, 0.3) is 0 Å². The van der Waals surface area contributed by atoms with Gasteiger partial charge in [-0.25, -0.2) is 0 Å². The second kappa shape index (κ2) is 5.69. The lowest BCUT2D eigenvalue weighted by Gasteiger charge is -2.20. The first-order chi connectivity index (χ1) is 8.76. The predicted octanol–water partition coefficient (Wildman–Crippen LogP) is 3.31. The molecule has 0 aromatic heterocycles. The van der Waals surface area contributed by atoms with Gasteiger partial charge in [0.15, 0.2) is 0 Å². The highest BCUT2D eigenvalue weighted by Crippen LogP contribution is 2.29. The zero-order chi connectivity index (χ0) is 13.0. The molecule has 0 spiro atoms. The van der Waals surface area contributed by atoms with Crippen LogP contribution in [0.3, 0.4) is 0 Å². The van der Waals surface area contributed by atoms with E-state index in [-0.39, 0.29) is 6.04 Å². The van der Waals surface area contributed by atoms with Crippen LogP contribution in [0.2, 0.25) is 0 Å². The number of para-hydroxylation sites is 1. The molecule has 0 saturated heterocycles. The number of rotatable bonds is 4. The molecule has 2 aromatic rings. The minimum Gasteiger partial charge on any atom is -0.496 e. The third kappa shape index (κ3) is 2.54. The largest absolute Gasteiger partial charge is 0.496 e. The number of hydrogen-bond acceptors (Lipinski definition) is 2. The molecular weight excluding hydrogens is 222 g/mol. The zero-order valence-corrected chi connectivity index (χ0v) is 11.1. The van der Waals surface area contributed by atoms with Crippen LogP contribution in [0.1, 0.15) is 22.7 Å². The van der Waals surface area contributed by atoms with Crippen LogP contribution in [0, 0.1) is 6.92 Å². The molecule has 1 atom stereocenters. The minimum atomic E-state index is 0.154. The van der Waals surface area contributed by atoms with Crippen molar-refractivity contribution in [1.29, 1.82) is 0 Å². The van der Waals surface area contributed by atoms with Gasteiger partial charge in [-0.15, -0.1) is 0 Å². The molecule has 1 unspecified atom stereocenters. The van der Waals surface area contributed by atoms with Crippen molar-refractivity contribution < 1.29 is 4.74 Å². The molecule has 0 aliphatic rings. The van der Waals surface area contributed by atoms with Crippen LogP contribution < -0.4 is 10.1 Å². The van der Waals surface area contributed by atoms with Crippen LogP contribution in [-0.2, 0) is 0 Å². The van der Waals surface area contributed by atoms with E-state index in [4.69, 9.17) is 4.74 Å². The molecule has 94 valence electrons. The maximum atomic E-state index is 5.43. The fourth-order valence-electron chi connectivity index (χ4n) is 2.17. The van der Waals surface area contributed by atoms with E-state index in [1.54, 1.807) is 7.11 Å². The second-order valence-electron chi connectivity index (χ2n) is 4.37. The summed E-state index contributed by atoms with van der Waals surface area (Å²) in [6.07, 6.45) is 0. The van der Waals surface area contributed by atoms with Gasteiger partial charge in [0, 0.05) is 5.56 Å². The van der Waals surface area contributed by atoms with Crippen LogP contribution in [0.4, 0.5) is 0 Å². The third-order valence-corrected chi connectivity index (χ3v) is 3.15. The lowest BCUT2D eigenvalue weighted by molar-refractivity contribution is 0.405. The first kappa shape index (κ1) is 12.7. The molecule has 0 aliphatic heterocycles. The molecular formula is C16H19NO. The van der Waals surface area contributed by atoms with Crippen molar-refractivity contribution in [3.05, 3.63) is 65.2 Å². The molecule has 0 fully saturated rings. The third-order valence-electron chi connectivity index (χ3n) is 3.15. The van der Waals surface area contributed by atoms with E-state index in [0.717, 1.165) is 11.3 Å². The Balaban J connectivity index is 2.41. The van der Waals surface area contributed by atoms with Crippen LogP contribution >= 0.6 is 0 Å². The van der Waals surface area contributed by atoms with E-state index < -0.39 is 0 Å². The van der Waals surface area contributed by atoms with Gasteiger partial charge in [-0.2, -0.15) is 0 Å². The minimum absolute atomic E-state index is 0.154. The molecule has 18 heavy (non-hydrogen) atoms. The lowest BCUT2D eigenvalue weighted by atomic mass is 9.97. The van der Waals surface area contributed by atoms with E-state index in [9.17, 15) is 0 Å². The SMILES string of the molecule is CNC(c1ccc(C)cc1)c1ccccc1OC. The maximum Gasteiger partial charge on any atom is 0.123 e. The lowest BCUT2D eigenvalue weighted by Crippen LogP contribution is -2.18. The maximum absolute atomic E-state index is 5.43. The Morgan fingerprint density at radius 2 is 1.67 bits per heavy atom. The highest BCUT2D eigenvalue weighted by molar-refractivity contribution is 5.41. The highest BCUT2D eigenvalue weighted by atomic mass is 16.5. The summed E-state index contributed by atoms with van der Waals surface area (Å²) in [5, 5.41) is 3.35. The number of nitrogens with one attached hydrogen (secondary N) is 1. The fourth-order valence-corrected chi connectivity index (χ4v) is 2.17. The van der Waals surface area contributed by atoms with Crippen molar-refractivity contribution in [3.63, 3.8) is 0 Å². The number of ether oxygens (including phenoxy) is 1. The van der Waals surface area contributed by atoms with Crippen LogP contribution in [-0.4, -0.2) is 14.2 Å². The summed E-state index contributed by atoms with van der Waals surface area (Å²) in [4.78, 5) is 0. The van der Waals surface area contributed by atoms with E-state index in [0.29, 0.717) is 0 Å². The van der Waals surface area contributed by atoms with Crippen molar-refractivity contribution in [2.75, 3.05) is 14.2 Å². The van der Waals surface area contributed by atoms with Crippen LogP contribution in [0.5, 0.6) is 5.75 Å². The van der Waals surface area contributed by atoms with Crippen molar-refractivity contribution in [1.82, 2.24) is 5.32 Å². The Hall–Kier alpha value is -1.80. The number of methoxy groups -OCH3 is 1. The first-order valence-corrected chi connectivity index (χ1v) is 6.13. The molecule has 2 rings (SSSR count). The second-order valence-corrected chi connectivity index (χ2v) is 4.37. The quantitative estimate of drug-likeness (QED) is 0.886. The van der Waals surface area contributed by atoms with E-state index in [1.165, 1.54) is 11.1 Å². The Bertz CT molecular complexity index is 505. The molecule has 0 amide bonds. The van der Waals surface area contributed by atoms with E-state index >= 15 is 0 Å². The van der Waals surface area contributed by atoms with Crippen LogP contribution in [0.25, 0.3) is 0 Å². The average molecular weight is 241 g/mol. The molecule has 0 heterocycles. The zero-order valence-electron chi connectivity index (χ0n) is 11.1. The number of hydrogen-bond donors (Lipinski definition) is 1. The molecule has 1 N–H and O–H groups in total. The summed E-state index contributed by atoms with van der Waals surface area (Å²) >= 11 is 0. The van der Waals surface area contributed by atoms with Gasteiger partial charge in [-0.1, -0.05) is 48.0 Å². The summed E-state index contributed by atoms with van der Waals surface area (Å²) in [6, 6.07) is 16.9. The molecule has 0 saturated carbocycles. The van der Waals surface area contributed by atoms with Gasteiger partial charge in [0.2, 0.25) is 0 Å². The molecule has 2 heteroatoms. The van der Waals surface area contributed by atoms with E-state index in [2.05, 4.69) is 42.6 Å². The topological polar surface area (TPSA) is 21.3 Å². The normalized spacial score (nSPS) is 12.2. The van der Waals surface area contributed by atoms with Crippen molar-refractivity contribution >= 4 is 0 Å². The molecule has 0 bridgehead atoms. The fraction of sp³-hybridized carbons (Fsp3) is 0.250. The summed E-state index contributed by atoms with van der Waals surface area (Å²) < 4.78 is 5.43. The Kier molecular flexibility index (Phi) is 4.00. The van der Waals surface area contributed by atoms with Crippen LogP contribution in [0.15, 0.2) is 48.5 Å². The standard InChI is InChI=1S/C16H19NO/c1-12-8-10-13(11-9-12)16(17-2)14-6-4-5-7-15(14)18-3/h4-11,16-17H,1-3H3. The van der Waals surface area contributed by atoms with Crippen molar-refractivity contribution in [2.24, 2.45) is 0 Å². The van der Waals surface area contributed by atoms with Gasteiger partial charge in [0.1, 0.15) is 5.75 Å². The molecule has 0 radical (unpaired) electrons. The summed E-state index contributed by atoms with van der Waals surface area (Å²) in [5.74, 6) is 0.914. The average Bonchev–Trinajstić information content (AvgIpc) is 2.42. The first-order valence-electron chi connectivity index (χ1n) is 6.13. The van der Waals surface area contributed by atoms with Crippen molar-refractivity contribution in [3.8, 4) is 5.75 Å². The summed E-state index contributed by atoms with van der Waals surface area (Å²) in [6.45, 7) is 2.10. The van der Waals surface area contributed by atoms with Gasteiger partial charge >= 0.3 is 0 Å². The number of aryl methyl sites for hydroxylation is 1. The van der Waals surface area contributed by atoms with Gasteiger partial charge in [-0.05, 0) is 25.6 Å². The van der Waals surface area contributed by atoms with E-state index in [1.807, 2.05) is 25.2 Å². The monoisotopic (exact) mass is 241 g/mol. The molecule has 2 nitrogen and oxygen atoms in total. The smallest absolute Gasteiger partial charge is 0.123 e. The molecule has 2 aromatic carbocycles. The predicted molar refractivity (Wildman–Crippen MR) is 75.1 cm³/mol. The Morgan fingerprint density at radius 1 is 1.00 bits per heavy atom. The van der Waals surface area contributed by atoms with Gasteiger partial charge in [0.05, 0.1) is 13.2 Å². The summed E-state index contributed by atoms with van der Waals surface area (Å²) in [7, 11) is 3.68. The van der Waals surface area contributed by atoms with Crippen molar-refractivity contribution in [2.45, 2.75) is 13.0 Å².